The van der Waals surface area contributed by atoms with E-state index in [0.717, 1.165) is 19.8 Å². The van der Waals surface area contributed by atoms with E-state index in [-0.39, 0.29) is 5.41 Å². The van der Waals surface area contributed by atoms with Crippen molar-refractivity contribution in [3.05, 3.63) is 34.9 Å². The molecule has 1 aliphatic rings. The van der Waals surface area contributed by atoms with Crippen molar-refractivity contribution in [2.24, 2.45) is 11.7 Å². The number of hydrogen-bond acceptors (Lipinski definition) is 2. The van der Waals surface area contributed by atoms with Gasteiger partial charge in [-0.1, -0.05) is 30.7 Å². The van der Waals surface area contributed by atoms with Gasteiger partial charge < -0.3 is 10.5 Å². The molecule has 2 rings (SSSR count). The van der Waals surface area contributed by atoms with Crippen LogP contribution in [0.5, 0.6) is 0 Å². The van der Waals surface area contributed by atoms with E-state index in [9.17, 15) is 0 Å². The first kappa shape index (κ1) is 11.6. The van der Waals surface area contributed by atoms with E-state index in [2.05, 4.69) is 39.0 Å². The van der Waals surface area contributed by atoms with Gasteiger partial charge in [0, 0.05) is 5.41 Å². The summed E-state index contributed by atoms with van der Waals surface area (Å²) in [6.45, 7) is 8.90. The molecule has 0 aromatic heterocycles. The van der Waals surface area contributed by atoms with E-state index in [1.807, 2.05) is 0 Å². The van der Waals surface area contributed by atoms with Crippen LogP contribution >= 0.6 is 0 Å². The summed E-state index contributed by atoms with van der Waals surface area (Å²) >= 11 is 0. The number of ether oxygens (including phenoxy) is 1. The largest absolute Gasteiger partial charge is 0.379 e. The van der Waals surface area contributed by atoms with Crippen LogP contribution in [0.15, 0.2) is 18.2 Å². The Morgan fingerprint density at radius 1 is 1.38 bits per heavy atom. The summed E-state index contributed by atoms with van der Waals surface area (Å²) in [4.78, 5) is 0. The molecule has 0 saturated carbocycles. The predicted octanol–water partition coefficient (Wildman–Crippen LogP) is 2.17. The Kier molecular flexibility index (Phi) is 3.04. The van der Waals surface area contributed by atoms with Gasteiger partial charge in [-0.3, -0.25) is 0 Å². The lowest BCUT2D eigenvalue weighted by atomic mass is 9.68. The number of nitrogens with two attached hydrogens (primary N) is 1. The standard InChI is InChI=1S/C14H21NO/c1-10-4-5-11(2)13(6-10)14(8-16-9-14)12(3)7-15/h4-6,12H,7-9,15H2,1-3H3. The maximum atomic E-state index is 5.84. The summed E-state index contributed by atoms with van der Waals surface area (Å²) in [5.74, 6) is 0.474. The summed E-state index contributed by atoms with van der Waals surface area (Å²) in [5, 5.41) is 0. The molecule has 0 amide bonds. The Bertz CT molecular complexity index is 382. The lowest BCUT2D eigenvalue weighted by molar-refractivity contribution is -0.0857. The third kappa shape index (κ3) is 1.66. The number of benzene rings is 1. The highest BCUT2D eigenvalue weighted by atomic mass is 16.5. The zero-order valence-corrected chi connectivity index (χ0v) is 10.4. The van der Waals surface area contributed by atoms with Crippen LogP contribution in [0.2, 0.25) is 0 Å². The molecule has 1 heterocycles. The van der Waals surface area contributed by atoms with Gasteiger partial charge in [-0.25, -0.2) is 0 Å². The molecular formula is C14H21NO. The van der Waals surface area contributed by atoms with Crippen LogP contribution in [0, 0.1) is 19.8 Å². The molecule has 2 heteroatoms. The maximum Gasteiger partial charge on any atom is 0.0588 e. The Morgan fingerprint density at radius 2 is 2.06 bits per heavy atom. The van der Waals surface area contributed by atoms with Crippen LogP contribution in [0.1, 0.15) is 23.6 Å². The minimum Gasteiger partial charge on any atom is -0.379 e. The van der Waals surface area contributed by atoms with Crippen LogP contribution in [0.4, 0.5) is 0 Å². The molecule has 0 bridgehead atoms. The van der Waals surface area contributed by atoms with Crippen molar-refractivity contribution in [3.8, 4) is 0 Å². The van der Waals surface area contributed by atoms with Crippen LogP contribution in [-0.2, 0) is 10.2 Å². The van der Waals surface area contributed by atoms with Crippen LogP contribution in [0.3, 0.4) is 0 Å². The molecule has 0 radical (unpaired) electrons. The highest BCUT2D eigenvalue weighted by Crippen LogP contribution is 2.40. The summed E-state index contributed by atoms with van der Waals surface area (Å²) in [5.41, 5.74) is 10.1. The zero-order valence-electron chi connectivity index (χ0n) is 10.4. The van der Waals surface area contributed by atoms with Crippen LogP contribution < -0.4 is 5.73 Å². The summed E-state index contributed by atoms with van der Waals surface area (Å²) < 4.78 is 5.45. The zero-order chi connectivity index (χ0) is 11.8. The van der Waals surface area contributed by atoms with Gasteiger partial charge in [0.15, 0.2) is 0 Å². The number of aryl methyl sites for hydroxylation is 2. The predicted molar refractivity (Wildman–Crippen MR) is 66.6 cm³/mol. The third-order valence-electron chi connectivity index (χ3n) is 3.95. The fraction of sp³-hybridized carbons (Fsp3) is 0.571. The Balaban J connectivity index is 2.44. The molecule has 1 aromatic carbocycles. The molecule has 1 atom stereocenters. The van der Waals surface area contributed by atoms with Crippen molar-refractivity contribution in [2.45, 2.75) is 26.2 Å². The summed E-state index contributed by atoms with van der Waals surface area (Å²) in [6, 6.07) is 6.66. The van der Waals surface area contributed by atoms with Gasteiger partial charge in [-0.15, -0.1) is 0 Å². The lowest BCUT2D eigenvalue weighted by Crippen LogP contribution is -2.54. The molecule has 16 heavy (non-hydrogen) atoms. The van der Waals surface area contributed by atoms with E-state index < -0.39 is 0 Å². The SMILES string of the molecule is Cc1ccc(C)c(C2(C(C)CN)COC2)c1. The van der Waals surface area contributed by atoms with Gasteiger partial charge >= 0.3 is 0 Å². The second kappa shape index (κ2) is 4.19. The quantitative estimate of drug-likeness (QED) is 0.845. The van der Waals surface area contributed by atoms with Crippen molar-refractivity contribution in [3.63, 3.8) is 0 Å². The topological polar surface area (TPSA) is 35.2 Å². The molecule has 88 valence electrons. The van der Waals surface area contributed by atoms with E-state index in [1.165, 1.54) is 16.7 Å². The molecule has 2 nitrogen and oxygen atoms in total. The van der Waals surface area contributed by atoms with E-state index in [4.69, 9.17) is 10.5 Å². The minimum atomic E-state index is 0.158. The Morgan fingerprint density at radius 3 is 2.56 bits per heavy atom. The average molecular weight is 219 g/mol. The van der Waals surface area contributed by atoms with E-state index >= 15 is 0 Å². The first-order valence-electron chi connectivity index (χ1n) is 5.96. The molecule has 0 spiro atoms. The fourth-order valence-electron chi connectivity index (χ4n) is 2.53. The van der Waals surface area contributed by atoms with Gasteiger partial charge in [-0.05, 0) is 37.4 Å². The Labute approximate surface area is 97.8 Å². The van der Waals surface area contributed by atoms with Crippen molar-refractivity contribution in [1.82, 2.24) is 0 Å². The van der Waals surface area contributed by atoms with Crippen molar-refractivity contribution in [2.75, 3.05) is 19.8 Å². The fourth-order valence-corrected chi connectivity index (χ4v) is 2.53. The van der Waals surface area contributed by atoms with Gasteiger partial charge in [-0.2, -0.15) is 0 Å². The average Bonchev–Trinajstić information content (AvgIpc) is 2.21. The molecule has 1 aromatic rings. The maximum absolute atomic E-state index is 5.84. The monoisotopic (exact) mass is 219 g/mol. The number of rotatable bonds is 3. The van der Waals surface area contributed by atoms with Crippen molar-refractivity contribution >= 4 is 0 Å². The van der Waals surface area contributed by atoms with E-state index in [0.29, 0.717) is 5.92 Å². The Hall–Kier alpha value is -0.860. The van der Waals surface area contributed by atoms with Crippen molar-refractivity contribution < 1.29 is 4.74 Å². The molecule has 1 saturated heterocycles. The van der Waals surface area contributed by atoms with Gasteiger partial charge in [0.05, 0.1) is 13.2 Å². The second-order valence-corrected chi connectivity index (χ2v) is 5.10. The molecule has 1 aliphatic heterocycles. The van der Waals surface area contributed by atoms with Gasteiger partial charge in [0.1, 0.15) is 0 Å². The summed E-state index contributed by atoms with van der Waals surface area (Å²) in [7, 11) is 0. The second-order valence-electron chi connectivity index (χ2n) is 5.10. The molecular weight excluding hydrogens is 198 g/mol. The third-order valence-corrected chi connectivity index (χ3v) is 3.95. The first-order chi connectivity index (χ1) is 7.60. The van der Waals surface area contributed by atoms with E-state index in [1.54, 1.807) is 0 Å². The summed E-state index contributed by atoms with van der Waals surface area (Å²) in [6.07, 6.45) is 0. The van der Waals surface area contributed by atoms with Gasteiger partial charge in [0.2, 0.25) is 0 Å². The van der Waals surface area contributed by atoms with Gasteiger partial charge in [0.25, 0.3) is 0 Å². The number of hydrogen-bond donors (Lipinski definition) is 1. The molecule has 0 aliphatic carbocycles. The molecule has 1 fully saturated rings. The van der Waals surface area contributed by atoms with Crippen molar-refractivity contribution in [1.29, 1.82) is 0 Å². The highest BCUT2D eigenvalue weighted by Gasteiger charge is 2.45. The normalized spacial score (nSPS) is 20.2. The highest BCUT2D eigenvalue weighted by molar-refractivity contribution is 5.39. The minimum absolute atomic E-state index is 0.158. The van der Waals surface area contributed by atoms with Crippen LogP contribution in [-0.4, -0.2) is 19.8 Å². The first-order valence-corrected chi connectivity index (χ1v) is 5.96. The van der Waals surface area contributed by atoms with Crippen LogP contribution in [0.25, 0.3) is 0 Å². The smallest absolute Gasteiger partial charge is 0.0588 e. The lowest BCUT2D eigenvalue weighted by Gasteiger charge is -2.47. The molecule has 1 unspecified atom stereocenters. The molecule has 2 N–H and O–H groups in total.